The lowest BCUT2D eigenvalue weighted by molar-refractivity contribution is 0.203. The van der Waals surface area contributed by atoms with E-state index in [1.807, 2.05) is 6.92 Å². The van der Waals surface area contributed by atoms with Crippen LogP contribution in [0, 0.1) is 19.8 Å². The first-order valence-corrected chi connectivity index (χ1v) is 16.1. The van der Waals surface area contributed by atoms with Crippen molar-refractivity contribution in [3.8, 4) is 11.1 Å². The van der Waals surface area contributed by atoms with Gasteiger partial charge < -0.3 is 10.0 Å². The van der Waals surface area contributed by atoms with Crippen molar-refractivity contribution in [1.82, 2.24) is 9.97 Å². The van der Waals surface area contributed by atoms with Crippen molar-refractivity contribution in [2.75, 3.05) is 37.1 Å². The second-order valence-electron chi connectivity index (χ2n) is 8.74. The Labute approximate surface area is 212 Å². The van der Waals surface area contributed by atoms with Gasteiger partial charge in [0.1, 0.15) is 11.6 Å². The molecule has 12 heteroatoms. The van der Waals surface area contributed by atoms with Crippen LogP contribution in [0.3, 0.4) is 0 Å². The average Bonchev–Trinajstić information content (AvgIpc) is 3.07. The largest absolute Gasteiger partial charge is 0.396 e. The summed E-state index contributed by atoms with van der Waals surface area (Å²) in [6, 6.07) is 2.88. The minimum absolute atomic E-state index is 0.0633. The highest BCUT2D eigenvalue weighted by Crippen LogP contribution is 2.46. The minimum Gasteiger partial charge on any atom is -0.396 e. The van der Waals surface area contributed by atoms with Gasteiger partial charge in [-0.25, -0.2) is 26.8 Å². The molecule has 1 saturated heterocycles. The summed E-state index contributed by atoms with van der Waals surface area (Å²) in [4.78, 5) is 12.2. The maximum Gasteiger partial charge on any atom is 0.176 e. The van der Waals surface area contributed by atoms with Crippen LogP contribution in [0.25, 0.3) is 21.3 Å². The van der Waals surface area contributed by atoms with Crippen molar-refractivity contribution in [1.29, 1.82) is 0 Å². The summed E-state index contributed by atoms with van der Waals surface area (Å²) in [5.41, 5.74) is 1.21. The van der Waals surface area contributed by atoms with E-state index in [0.717, 1.165) is 53.8 Å². The predicted molar refractivity (Wildman–Crippen MR) is 138 cm³/mol. The number of benzene rings is 1. The van der Waals surface area contributed by atoms with Crippen molar-refractivity contribution in [2.45, 2.75) is 36.5 Å². The van der Waals surface area contributed by atoms with E-state index in [2.05, 4.69) is 25.8 Å². The molecule has 0 saturated carbocycles. The molecule has 0 radical (unpaired) electrons. The zero-order chi connectivity index (χ0) is 25.0. The molecule has 1 aliphatic heterocycles. The van der Waals surface area contributed by atoms with Crippen LogP contribution in [0.5, 0.6) is 0 Å². The maximum absolute atomic E-state index is 12.8. The van der Waals surface area contributed by atoms with E-state index in [4.69, 9.17) is 4.98 Å². The summed E-state index contributed by atoms with van der Waals surface area (Å²) in [7, 11) is -7.53. The fraction of sp³-hybridized carbons (Fsp3) is 0.455. The molecule has 0 bridgehead atoms. The Morgan fingerprint density at radius 3 is 2.09 bits per heavy atom. The Bertz CT molecular complexity index is 1440. The quantitative estimate of drug-likeness (QED) is 0.479. The molecular formula is C22H26BrN3O5S3. The number of aryl methyl sites for hydroxylation is 2. The molecule has 0 aliphatic carbocycles. The summed E-state index contributed by atoms with van der Waals surface area (Å²) >= 11 is 4.71. The van der Waals surface area contributed by atoms with E-state index in [1.54, 1.807) is 6.92 Å². The molecular weight excluding hydrogens is 562 g/mol. The number of aliphatic hydroxyl groups excluding tert-OH is 1. The zero-order valence-electron chi connectivity index (χ0n) is 19.3. The third-order valence-corrected chi connectivity index (χ3v) is 9.85. The van der Waals surface area contributed by atoms with Crippen LogP contribution >= 0.6 is 27.3 Å². The summed E-state index contributed by atoms with van der Waals surface area (Å²) in [5.74, 6) is 1.55. The topological polar surface area (TPSA) is 118 Å². The lowest BCUT2D eigenvalue weighted by atomic mass is 9.98. The minimum atomic E-state index is -3.77. The number of halogens is 1. The van der Waals surface area contributed by atoms with Gasteiger partial charge in [0, 0.05) is 52.7 Å². The lowest BCUT2D eigenvalue weighted by Crippen LogP contribution is -2.35. The van der Waals surface area contributed by atoms with E-state index in [-0.39, 0.29) is 27.9 Å². The van der Waals surface area contributed by atoms with Gasteiger partial charge in [0.05, 0.1) is 20.0 Å². The Morgan fingerprint density at radius 1 is 1.03 bits per heavy atom. The van der Waals surface area contributed by atoms with Crippen LogP contribution in [0.15, 0.2) is 26.4 Å². The molecule has 4 rings (SSSR count). The lowest BCUT2D eigenvalue weighted by Gasteiger charge is -2.32. The first-order valence-electron chi connectivity index (χ1n) is 10.7. The SMILES string of the molecule is Cc1nc(N2CCC(CO)CC2)c2sc(C)c(-c3c(S(C)(=O)=O)cc(Br)cc3S(C)(=O)=O)c2n1. The van der Waals surface area contributed by atoms with E-state index in [9.17, 15) is 21.9 Å². The number of piperidine rings is 1. The van der Waals surface area contributed by atoms with Gasteiger partial charge in [0.15, 0.2) is 19.7 Å². The molecule has 1 fully saturated rings. The Hall–Kier alpha value is -1.60. The van der Waals surface area contributed by atoms with E-state index in [0.29, 0.717) is 21.4 Å². The molecule has 2 aromatic heterocycles. The molecule has 0 spiro atoms. The van der Waals surface area contributed by atoms with Gasteiger partial charge in [0.25, 0.3) is 0 Å². The van der Waals surface area contributed by atoms with Crippen molar-refractivity contribution >= 4 is 63.0 Å². The number of anilines is 1. The van der Waals surface area contributed by atoms with E-state index < -0.39 is 19.7 Å². The molecule has 34 heavy (non-hydrogen) atoms. The van der Waals surface area contributed by atoms with Gasteiger partial charge >= 0.3 is 0 Å². The number of sulfone groups is 2. The first kappa shape index (κ1) is 25.5. The number of rotatable bonds is 5. The summed E-state index contributed by atoms with van der Waals surface area (Å²) in [6.45, 7) is 5.27. The monoisotopic (exact) mass is 587 g/mol. The van der Waals surface area contributed by atoms with Gasteiger partial charge in [-0.05, 0) is 44.7 Å². The summed E-state index contributed by atoms with van der Waals surface area (Å²) < 4.78 is 52.3. The number of hydrogen-bond donors (Lipinski definition) is 1. The standard InChI is InChI=1S/C22H26BrN3O5S3/c1-12-18(19-16(33(3,28)29)9-15(23)10-17(19)34(4,30)31)20-21(32-12)22(25-13(2)24-20)26-7-5-14(11-27)6-8-26/h9-10,14,27H,5-8,11H2,1-4H3. The number of nitrogens with zero attached hydrogens (tertiary/aromatic N) is 3. The molecule has 0 atom stereocenters. The Balaban J connectivity index is 2.05. The smallest absolute Gasteiger partial charge is 0.176 e. The molecule has 1 aliphatic rings. The van der Waals surface area contributed by atoms with Crippen LogP contribution in [0.1, 0.15) is 23.5 Å². The normalized spacial score (nSPS) is 15.9. The van der Waals surface area contributed by atoms with E-state index in [1.165, 1.54) is 23.5 Å². The fourth-order valence-corrected chi connectivity index (χ4v) is 8.20. The number of hydrogen-bond acceptors (Lipinski definition) is 9. The first-order chi connectivity index (χ1) is 15.8. The third-order valence-electron chi connectivity index (χ3n) is 6.06. The number of aliphatic hydroxyl groups is 1. The molecule has 184 valence electrons. The highest BCUT2D eigenvalue weighted by Gasteiger charge is 2.30. The van der Waals surface area contributed by atoms with Crippen molar-refractivity contribution in [3.63, 3.8) is 0 Å². The molecule has 1 aromatic carbocycles. The third kappa shape index (κ3) is 4.75. The summed E-state index contributed by atoms with van der Waals surface area (Å²) in [6.07, 6.45) is 3.85. The highest BCUT2D eigenvalue weighted by atomic mass is 79.9. The van der Waals surface area contributed by atoms with Gasteiger partial charge in [-0.2, -0.15) is 0 Å². The second kappa shape index (κ2) is 9.12. The molecule has 0 unspecified atom stereocenters. The van der Waals surface area contributed by atoms with Crippen LogP contribution in [0.4, 0.5) is 5.82 Å². The summed E-state index contributed by atoms with van der Waals surface area (Å²) in [5, 5.41) is 9.49. The van der Waals surface area contributed by atoms with Crippen molar-refractivity contribution in [2.24, 2.45) is 5.92 Å². The van der Waals surface area contributed by atoms with Gasteiger partial charge in [-0.15, -0.1) is 11.3 Å². The predicted octanol–water partition coefficient (Wildman–Crippen LogP) is 3.75. The Kier molecular flexibility index (Phi) is 6.84. The molecule has 8 nitrogen and oxygen atoms in total. The van der Waals surface area contributed by atoms with E-state index >= 15 is 0 Å². The average molecular weight is 589 g/mol. The Morgan fingerprint density at radius 2 is 1.59 bits per heavy atom. The van der Waals surface area contributed by atoms with Crippen LogP contribution < -0.4 is 4.90 Å². The molecule has 3 aromatic rings. The number of thiophene rings is 1. The molecule has 0 amide bonds. The number of aromatic nitrogens is 2. The van der Waals surface area contributed by atoms with Gasteiger partial charge in [-0.1, -0.05) is 15.9 Å². The van der Waals surface area contributed by atoms with Crippen LogP contribution in [0.2, 0.25) is 0 Å². The van der Waals surface area contributed by atoms with Crippen molar-refractivity contribution in [3.05, 3.63) is 27.3 Å². The number of fused-ring (bicyclic) bond motifs is 1. The fourth-order valence-electron chi connectivity index (χ4n) is 4.41. The highest BCUT2D eigenvalue weighted by molar-refractivity contribution is 9.10. The van der Waals surface area contributed by atoms with Crippen molar-refractivity contribution < 1.29 is 21.9 Å². The van der Waals surface area contributed by atoms with Gasteiger partial charge in [-0.3, -0.25) is 0 Å². The second-order valence-corrected chi connectivity index (χ2v) is 14.8. The molecule has 1 N–H and O–H groups in total. The molecule has 3 heterocycles. The maximum atomic E-state index is 12.8. The van der Waals surface area contributed by atoms with Crippen LogP contribution in [-0.4, -0.2) is 64.1 Å². The van der Waals surface area contributed by atoms with Crippen LogP contribution in [-0.2, 0) is 19.7 Å². The zero-order valence-corrected chi connectivity index (χ0v) is 23.3. The van der Waals surface area contributed by atoms with Gasteiger partial charge in [0.2, 0.25) is 0 Å².